The van der Waals surface area contributed by atoms with Crippen molar-refractivity contribution in [1.82, 2.24) is 4.57 Å². The van der Waals surface area contributed by atoms with Crippen LogP contribution in [-0.2, 0) is 18.3 Å². The number of aryl methyl sites for hydroxylation is 2. The maximum Gasteiger partial charge on any atom is 0.228 e. The number of nitrogens with one attached hydrogen (secondary N) is 1. The standard InChI is InChI=1S/C15H15BrN2O2/c1-10-5-3-4-6-11(10)7-14(19)17-13-9-18(2)8-12(16)15(13)20/h3-6,8-9H,7H2,1-2H3,(H,17,19). The highest BCUT2D eigenvalue weighted by Gasteiger charge is 2.10. The predicted octanol–water partition coefficient (Wildman–Crippen LogP) is 2.64. The van der Waals surface area contributed by atoms with E-state index in [1.54, 1.807) is 24.0 Å². The molecule has 20 heavy (non-hydrogen) atoms. The summed E-state index contributed by atoms with van der Waals surface area (Å²) in [5.74, 6) is -0.200. The van der Waals surface area contributed by atoms with Gasteiger partial charge < -0.3 is 9.88 Å². The second-order valence-corrected chi connectivity index (χ2v) is 5.52. The number of halogens is 1. The van der Waals surface area contributed by atoms with Gasteiger partial charge >= 0.3 is 0 Å². The quantitative estimate of drug-likeness (QED) is 0.938. The van der Waals surface area contributed by atoms with Crippen LogP contribution < -0.4 is 10.7 Å². The highest BCUT2D eigenvalue weighted by molar-refractivity contribution is 9.10. The lowest BCUT2D eigenvalue weighted by molar-refractivity contribution is -0.115. The normalized spacial score (nSPS) is 10.3. The maximum atomic E-state index is 12.0. The Hall–Kier alpha value is -1.88. The van der Waals surface area contributed by atoms with Gasteiger partial charge in [0, 0.05) is 19.4 Å². The van der Waals surface area contributed by atoms with E-state index in [4.69, 9.17) is 0 Å². The van der Waals surface area contributed by atoms with Gasteiger partial charge in [-0.1, -0.05) is 24.3 Å². The highest BCUT2D eigenvalue weighted by Crippen LogP contribution is 2.11. The largest absolute Gasteiger partial charge is 0.354 e. The first-order valence-electron chi connectivity index (χ1n) is 6.17. The van der Waals surface area contributed by atoms with Crippen LogP contribution in [0.5, 0.6) is 0 Å². The SMILES string of the molecule is Cc1ccccc1CC(=O)Nc1cn(C)cc(Br)c1=O. The summed E-state index contributed by atoms with van der Waals surface area (Å²) in [7, 11) is 1.79. The average Bonchev–Trinajstić information content (AvgIpc) is 2.38. The molecule has 4 nitrogen and oxygen atoms in total. The molecule has 1 amide bonds. The Morgan fingerprint density at radius 1 is 1.30 bits per heavy atom. The number of anilines is 1. The zero-order chi connectivity index (χ0) is 14.7. The average molecular weight is 335 g/mol. The summed E-state index contributed by atoms with van der Waals surface area (Å²) in [6.45, 7) is 1.96. The number of carbonyl (C=O) groups excluding carboxylic acids is 1. The first-order chi connectivity index (χ1) is 9.47. The molecule has 0 fully saturated rings. The second kappa shape index (κ2) is 6.05. The Morgan fingerprint density at radius 3 is 2.70 bits per heavy atom. The van der Waals surface area contributed by atoms with Crippen molar-refractivity contribution in [3.05, 3.63) is 62.5 Å². The molecule has 0 saturated heterocycles. The number of amides is 1. The van der Waals surface area contributed by atoms with Crippen LogP contribution in [0, 0.1) is 6.92 Å². The topological polar surface area (TPSA) is 51.1 Å². The third kappa shape index (κ3) is 3.36. The van der Waals surface area contributed by atoms with Gasteiger partial charge in [-0.25, -0.2) is 0 Å². The summed E-state index contributed by atoms with van der Waals surface area (Å²) in [4.78, 5) is 23.9. The van der Waals surface area contributed by atoms with Crippen molar-refractivity contribution in [3.63, 3.8) is 0 Å². The third-order valence-corrected chi connectivity index (χ3v) is 3.56. The van der Waals surface area contributed by atoms with Crippen molar-refractivity contribution < 1.29 is 4.79 Å². The summed E-state index contributed by atoms with van der Waals surface area (Å²) in [6.07, 6.45) is 3.50. The number of benzene rings is 1. The van der Waals surface area contributed by atoms with Crippen molar-refractivity contribution in [1.29, 1.82) is 0 Å². The molecule has 1 N–H and O–H groups in total. The van der Waals surface area contributed by atoms with E-state index in [2.05, 4.69) is 21.2 Å². The van der Waals surface area contributed by atoms with Crippen molar-refractivity contribution in [3.8, 4) is 0 Å². The Balaban J connectivity index is 2.17. The molecule has 1 heterocycles. The van der Waals surface area contributed by atoms with E-state index in [0.717, 1.165) is 11.1 Å². The lowest BCUT2D eigenvalue weighted by atomic mass is 10.1. The van der Waals surface area contributed by atoms with E-state index < -0.39 is 0 Å². The molecule has 0 atom stereocenters. The zero-order valence-corrected chi connectivity index (χ0v) is 12.9. The number of nitrogens with zero attached hydrogens (tertiary/aromatic N) is 1. The van der Waals surface area contributed by atoms with Crippen LogP contribution in [0.2, 0.25) is 0 Å². The van der Waals surface area contributed by atoms with Crippen LogP contribution in [0.1, 0.15) is 11.1 Å². The molecule has 2 aromatic rings. The van der Waals surface area contributed by atoms with E-state index in [0.29, 0.717) is 4.47 Å². The van der Waals surface area contributed by atoms with E-state index >= 15 is 0 Å². The zero-order valence-electron chi connectivity index (χ0n) is 11.3. The molecule has 0 aliphatic rings. The van der Waals surface area contributed by atoms with Crippen LogP contribution in [0.15, 0.2) is 45.9 Å². The Bertz CT molecular complexity index is 707. The number of pyridine rings is 1. The first-order valence-corrected chi connectivity index (χ1v) is 6.97. The summed E-state index contributed by atoms with van der Waals surface area (Å²) in [5.41, 5.74) is 2.07. The fraction of sp³-hybridized carbons (Fsp3) is 0.200. The number of aromatic nitrogens is 1. The summed E-state index contributed by atoms with van der Waals surface area (Å²) in [6, 6.07) is 7.70. The van der Waals surface area contributed by atoms with Gasteiger partial charge in [-0.05, 0) is 34.0 Å². The minimum absolute atomic E-state index is 0.200. The van der Waals surface area contributed by atoms with Crippen molar-refractivity contribution >= 4 is 27.5 Å². The lowest BCUT2D eigenvalue weighted by Gasteiger charge is -2.08. The smallest absolute Gasteiger partial charge is 0.228 e. The molecule has 0 saturated carbocycles. The van der Waals surface area contributed by atoms with E-state index in [1.165, 1.54) is 0 Å². The molecule has 1 aromatic carbocycles. The number of rotatable bonds is 3. The van der Waals surface area contributed by atoms with Crippen molar-refractivity contribution in [2.24, 2.45) is 7.05 Å². The predicted molar refractivity (Wildman–Crippen MR) is 82.9 cm³/mol. The van der Waals surface area contributed by atoms with Gasteiger partial charge in [0.2, 0.25) is 11.3 Å². The van der Waals surface area contributed by atoms with Crippen LogP contribution >= 0.6 is 15.9 Å². The molecule has 0 aliphatic carbocycles. The van der Waals surface area contributed by atoms with Crippen molar-refractivity contribution in [2.75, 3.05) is 5.32 Å². The molecule has 2 rings (SSSR count). The molecular formula is C15H15BrN2O2. The number of carbonyl (C=O) groups is 1. The summed E-state index contributed by atoms with van der Waals surface area (Å²) < 4.78 is 2.14. The molecule has 1 aromatic heterocycles. The van der Waals surface area contributed by atoms with Gasteiger partial charge in [-0.3, -0.25) is 9.59 Å². The Kier molecular flexibility index (Phi) is 4.39. The Morgan fingerprint density at radius 2 is 2.00 bits per heavy atom. The summed E-state index contributed by atoms with van der Waals surface area (Å²) in [5, 5.41) is 2.67. The van der Waals surface area contributed by atoms with Crippen LogP contribution in [0.4, 0.5) is 5.69 Å². The molecular weight excluding hydrogens is 320 g/mol. The molecule has 5 heteroatoms. The van der Waals surface area contributed by atoms with Crippen LogP contribution in [0.3, 0.4) is 0 Å². The molecule has 0 aliphatic heterocycles. The monoisotopic (exact) mass is 334 g/mol. The highest BCUT2D eigenvalue weighted by atomic mass is 79.9. The minimum Gasteiger partial charge on any atom is -0.354 e. The minimum atomic E-state index is -0.221. The molecule has 0 spiro atoms. The third-order valence-electron chi connectivity index (χ3n) is 3.00. The van der Waals surface area contributed by atoms with Gasteiger partial charge in [-0.2, -0.15) is 0 Å². The fourth-order valence-corrected chi connectivity index (χ4v) is 2.47. The van der Waals surface area contributed by atoms with E-state index in [1.807, 2.05) is 31.2 Å². The first kappa shape index (κ1) is 14.5. The van der Waals surface area contributed by atoms with Gasteiger partial charge in [0.1, 0.15) is 5.69 Å². The van der Waals surface area contributed by atoms with Gasteiger partial charge in [0.15, 0.2) is 0 Å². The Labute approximate surface area is 125 Å². The fourth-order valence-electron chi connectivity index (χ4n) is 1.93. The molecule has 0 unspecified atom stereocenters. The number of hydrogen-bond acceptors (Lipinski definition) is 2. The van der Waals surface area contributed by atoms with E-state index in [9.17, 15) is 9.59 Å². The van der Waals surface area contributed by atoms with Gasteiger partial charge in [0.05, 0.1) is 10.9 Å². The second-order valence-electron chi connectivity index (χ2n) is 4.67. The van der Waals surface area contributed by atoms with Gasteiger partial charge in [-0.15, -0.1) is 0 Å². The van der Waals surface area contributed by atoms with Crippen LogP contribution in [0.25, 0.3) is 0 Å². The number of hydrogen-bond donors (Lipinski definition) is 1. The van der Waals surface area contributed by atoms with Gasteiger partial charge in [0.25, 0.3) is 0 Å². The lowest BCUT2D eigenvalue weighted by Crippen LogP contribution is -2.21. The van der Waals surface area contributed by atoms with Crippen LogP contribution in [-0.4, -0.2) is 10.5 Å². The van der Waals surface area contributed by atoms with Crippen molar-refractivity contribution in [2.45, 2.75) is 13.3 Å². The molecule has 104 valence electrons. The maximum absolute atomic E-state index is 12.0. The van der Waals surface area contributed by atoms with E-state index in [-0.39, 0.29) is 23.4 Å². The molecule has 0 radical (unpaired) electrons. The summed E-state index contributed by atoms with van der Waals surface area (Å²) >= 11 is 3.18. The molecule has 0 bridgehead atoms.